The molecule has 19 heavy (non-hydrogen) atoms. The summed E-state index contributed by atoms with van der Waals surface area (Å²) in [5, 5.41) is 12.3. The van der Waals surface area contributed by atoms with E-state index in [0.29, 0.717) is 19.6 Å². The Bertz CT molecular complexity index is 400. The zero-order valence-corrected chi connectivity index (χ0v) is 11.0. The molecule has 0 aromatic rings. The van der Waals surface area contributed by atoms with E-state index in [9.17, 15) is 14.7 Å². The summed E-state index contributed by atoms with van der Waals surface area (Å²) in [5.41, 5.74) is 0. The van der Waals surface area contributed by atoms with Crippen LogP contribution >= 0.6 is 0 Å². The van der Waals surface area contributed by atoms with Crippen molar-refractivity contribution in [3.05, 3.63) is 0 Å². The molecular weight excluding hydrogens is 248 g/mol. The molecule has 0 radical (unpaired) electrons. The van der Waals surface area contributed by atoms with Gasteiger partial charge in [-0.05, 0) is 26.3 Å². The van der Waals surface area contributed by atoms with Crippen molar-refractivity contribution < 1.29 is 19.4 Å². The molecule has 5 atom stereocenters. The predicted molar refractivity (Wildman–Crippen MR) is 66.6 cm³/mol. The smallest absolute Gasteiger partial charge is 0.308 e. The van der Waals surface area contributed by atoms with Gasteiger partial charge < -0.3 is 20.1 Å². The quantitative estimate of drug-likeness (QED) is 0.734. The highest BCUT2D eigenvalue weighted by Crippen LogP contribution is 2.43. The summed E-state index contributed by atoms with van der Waals surface area (Å²) < 4.78 is 5.38. The fraction of sp³-hybridized carbons (Fsp3) is 0.846. The normalized spacial score (nSPS) is 40.9. The number of amides is 1. The number of likely N-dealkylation sites (N-methyl/N-ethyl adjacent to an activating group) is 1. The van der Waals surface area contributed by atoms with Crippen molar-refractivity contribution in [1.29, 1.82) is 0 Å². The molecule has 0 aromatic heterocycles. The minimum Gasteiger partial charge on any atom is -0.481 e. The van der Waals surface area contributed by atoms with E-state index in [4.69, 9.17) is 4.74 Å². The van der Waals surface area contributed by atoms with Crippen LogP contribution in [0.2, 0.25) is 0 Å². The van der Waals surface area contributed by atoms with Gasteiger partial charge in [0.15, 0.2) is 0 Å². The number of carbonyl (C=O) groups excluding carboxylic acids is 1. The van der Waals surface area contributed by atoms with E-state index in [0.717, 1.165) is 12.8 Å². The first-order valence-electron chi connectivity index (χ1n) is 6.93. The molecule has 1 amide bonds. The van der Waals surface area contributed by atoms with Crippen molar-refractivity contribution in [3.8, 4) is 0 Å². The molecular formula is C13H20N2O4. The number of hydrogen-bond donors (Lipinski definition) is 2. The SMILES string of the molecule is CNC1COCC1C(=O)N1C2CCC1C(C(=O)O)C2. The Kier molecular flexibility index (Phi) is 3.22. The maximum atomic E-state index is 12.7. The lowest BCUT2D eigenvalue weighted by Gasteiger charge is -2.28. The molecule has 2 bridgehead atoms. The van der Waals surface area contributed by atoms with Gasteiger partial charge in [0.2, 0.25) is 5.91 Å². The Morgan fingerprint density at radius 1 is 1.26 bits per heavy atom. The van der Waals surface area contributed by atoms with Gasteiger partial charge in [0.05, 0.1) is 25.0 Å². The third kappa shape index (κ3) is 1.94. The lowest BCUT2D eigenvalue weighted by molar-refractivity contribution is -0.143. The van der Waals surface area contributed by atoms with E-state index in [1.54, 1.807) is 0 Å². The Morgan fingerprint density at radius 2 is 2.05 bits per heavy atom. The van der Waals surface area contributed by atoms with Crippen LogP contribution in [-0.2, 0) is 14.3 Å². The lowest BCUT2D eigenvalue weighted by atomic mass is 9.89. The average molecular weight is 268 g/mol. The minimum atomic E-state index is -0.766. The van der Waals surface area contributed by atoms with Crippen molar-refractivity contribution in [1.82, 2.24) is 10.2 Å². The van der Waals surface area contributed by atoms with E-state index in [-0.39, 0.29) is 35.9 Å². The molecule has 3 heterocycles. The molecule has 0 spiro atoms. The van der Waals surface area contributed by atoms with Crippen LogP contribution in [-0.4, -0.2) is 60.3 Å². The van der Waals surface area contributed by atoms with Crippen LogP contribution < -0.4 is 5.32 Å². The zero-order valence-electron chi connectivity index (χ0n) is 11.0. The number of aliphatic carboxylic acids is 1. The standard InChI is InChI=1S/C13H20N2O4/c1-14-10-6-19-5-9(10)12(16)15-7-2-3-11(15)8(4-7)13(17)18/h7-11,14H,2-6H2,1H3,(H,17,18). The zero-order chi connectivity index (χ0) is 13.6. The molecule has 0 saturated carbocycles. The van der Waals surface area contributed by atoms with Gasteiger partial charge in [0.25, 0.3) is 0 Å². The van der Waals surface area contributed by atoms with Crippen LogP contribution in [0, 0.1) is 11.8 Å². The fourth-order valence-electron chi connectivity index (χ4n) is 3.87. The number of carboxylic acids is 1. The summed E-state index contributed by atoms with van der Waals surface area (Å²) in [5.74, 6) is -1.23. The summed E-state index contributed by atoms with van der Waals surface area (Å²) in [6.07, 6.45) is 2.38. The third-order valence-electron chi connectivity index (χ3n) is 4.88. The van der Waals surface area contributed by atoms with E-state index >= 15 is 0 Å². The molecule has 3 aliphatic heterocycles. The van der Waals surface area contributed by atoms with Crippen LogP contribution in [0.3, 0.4) is 0 Å². The average Bonchev–Trinajstić information content (AvgIpc) is 3.11. The van der Waals surface area contributed by atoms with Gasteiger partial charge in [-0.15, -0.1) is 0 Å². The lowest BCUT2D eigenvalue weighted by Crippen LogP contribution is -2.47. The molecule has 6 heteroatoms. The summed E-state index contributed by atoms with van der Waals surface area (Å²) >= 11 is 0. The number of carbonyl (C=O) groups is 2. The first-order valence-corrected chi connectivity index (χ1v) is 6.93. The van der Waals surface area contributed by atoms with Crippen LogP contribution in [0.5, 0.6) is 0 Å². The monoisotopic (exact) mass is 268 g/mol. The number of hydrogen-bond acceptors (Lipinski definition) is 4. The molecule has 3 fully saturated rings. The highest BCUT2D eigenvalue weighted by molar-refractivity contribution is 5.83. The molecule has 3 rings (SSSR count). The molecule has 3 saturated heterocycles. The second-order valence-electron chi connectivity index (χ2n) is 5.76. The highest BCUT2D eigenvalue weighted by atomic mass is 16.5. The molecule has 5 unspecified atom stereocenters. The Labute approximate surface area is 112 Å². The molecule has 3 aliphatic rings. The summed E-state index contributed by atoms with van der Waals surface area (Å²) in [6.45, 7) is 0.996. The van der Waals surface area contributed by atoms with E-state index < -0.39 is 5.97 Å². The minimum absolute atomic E-state index is 0.0516. The van der Waals surface area contributed by atoms with Crippen LogP contribution in [0.15, 0.2) is 0 Å². The Morgan fingerprint density at radius 3 is 2.68 bits per heavy atom. The van der Waals surface area contributed by atoms with Gasteiger partial charge in [-0.1, -0.05) is 0 Å². The molecule has 6 nitrogen and oxygen atoms in total. The molecule has 106 valence electrons. The van der Waals surface area contributed by atoms with Gasteiger partial charge in [-0.25, -0.2) is 0 Å². The summed E-state index contributed by atoms with van der Waals surface area (Å²) in [6, 6.07) is 0.0700. The van der Waals surface area contributed by atoms with Crippen LogP contribution in [0.25, 0.3) is 0 Å². The maximum absolute atomic E-state index is 12.7. The Balaban J connectivity index is 1.76. The predicted octanol–water partition coefficient (Wildman–Crippen LogP) is -0.315. The van der Waals surface area contributed by atoms with Gasteiger partial charge in [0, 0.05) is 18.1 Å². The van der Waals surface area contributed by atoms with E-state index in [2.05, 4.69) is 5.32 Å². The van der Waals surface area contributed by atoms with E-state index in [1.165, 1.54) is 0 Å². The fourth-order valence-corrected chi connectivity index (χ4v) is 3.87. The van der Waals surface area contributed by atoms with Crippen molar-refractivity contribution >= 4 is 11.9 Å². The first kappa shape index (κ1) is 12.9. The van der Waals surface area contributed by atoms with Crippen molar-refractivity contribution in [2.45, 2.75) is 37.4 Å². The van der Waals surface area contributed by atoms with Crippen molar-refractivity contribution in [3.63, 3.8) is 0 Å². The number of carboxylic acid groups (broad SMARTS) is 1. The summed E-state index contributed by atoms with van der Waals surface area (Å²) in [7, 11) is 1.83. The van der Waals surface area contributed by atoms with Crippen LogP contribution in [0.4, 0.5) is 0 Å². The third-order valence-corrected chi connectivity index (χ3v) is 4.88. The van der Waals surface area contributed by atoms with Crippen molar-refractivity contribution in [2.75, 3.05) is 20.3 Å². The first-order chi connectivity index (χ1) is 9.13. The second-order valence-corrected chi connectivity index (χ2v) is 5.76. The summed E-state index contributed by atoms with van der Waals surface area (Å²) in [4.78, 5) is 25.7. The number of ether oxygens (including phenoxy) is 1. The second kappa shape index (κ2) is 4.76. The Hall–Kier alpha value is -1.14. The van der Waals surface area contributed by atoms with Crippen molar-refractivity contribution in [2.24, 2.45) is 11.8 Å². The molecule has 0 aromatic carbocycles. The van der Waals surface area contributed by atoms with Gasteiger partial charge in [-0.3, -0.25) is 9.59 Å². The van der Waals surface area contributed by atoms with Crippen LogP contribution in [0.1, 0.15) is 19.3 Å². The van der Waals surface area contributed by atoms with Gasteiger partial charge in [-0.2, -0.15) is 0 Å². The largest absolute Gasteiger partial charge is 0.481 e. The molecule has 2 N–H and O–H groups in total. The van der Waals surface area contributed by atoms with Gasteiger partial charge >= 0.3 is 5.97 Å². The number of fused-ring (bicyclic) bond motifs is 2. The topological polar surface area (TPSA) is 78.9 Å². The van der Waals surface area contributed by atoms with E-state index in [1.807, 2.05) is 11.9 Å². The number of rotatable bonds is 3. The number of nitrogens with zero attached hydrogens (tertiary/aromatic N) is 1. The molecule has 0 aliphatic carbocycles. The van der Waals surface area contributed by atoms with Gasteiger partial charge in [0.1, 0.15) is 0 Å². The number of nitrogens with one attached hydrogen (secondary N) is 1. The highest BCUT2D eigenvalue weighted by Gasteiger charge is 2.53. The maximum Gasteiger partial charge on any atom is 0.308 e.